The molecule has 1 aliphatic carbocycles. The largest absolute Gasteiger partial charge is 0.338 e. The van der Waals surface area contributed by atoms with Gasteiger partial charge in [0, 0.05) is 32.0 Å². The summed E-state index contributed by atoms with van der Waals surface area (Å²) in [6, 6.07) is -0.668. The maximum absolute atomic E-state index is 12.9. The van der Waals surface area contributed by atoms with Crippen LogP contribution >= 0.6 is 0 Å². The van der Waals surface area contributed by atoms with Crippen LogP contribution in [-0.2, 0) is 14.4 Å². The van der Waals surface area contributed by atoms with Crippen LogP contribution in [0.2, 0.25) is 0 Å². The molecule has 26 heavy (non-hydrogen) atoms. The fraction of sp³-hybridized carbons (Fsp3) is 0.778. The minimum Gasteiger partial charge on any atom is -0.338 e. The lowest BCUT2D eigenvalue weighted by atomic mass is 9.75. The van der Waals surface area contributed by atoms with Gasteiger partial charge < -0.3 is 15.5 Å². The smallest absolute Gasteiger partial charge is 0.314 e. The highest BCUT2D eigenvalue weighted by Crippen LogP contribution is 2.41. The van der Waals surface area contributed by atoms with Crippen LogP contribution in [0.25, 0.3) is 0 Å². The number of nitrogens with one attached hydrogen (secondary N) is 3. The van der Waals surface area contributed by atoms with Crippen molar-refractivity contribution >= 4 is 23.8 Å². The highest BCUT2D eigenvalue weighted by molar-refractivity contribution is 6.02. The van der Waals surface area contributed by atoms with Crippen LogP contribution in [0, 0.1) is 17.8 Å². The van der Waals surface area contributed by atoms with Crippen LogP contribution in [0.4, 0.5) is 4.79 Å². The minimum atomic E-state index is -0.512. The zero-order valence-corrected chi connectivity index (χ0v) is 15.3. The van der Waals surface area contributed by atoms with Crippen LogP contribution in [0.15, 0.2) is 0 Å². The van der Waals surface area contributed by atoms with Crippen molar-refractivity contribution in [2.24, 2.45) is 17.8 Å². The Morgan fingerprint density at radius 1 is 1.19 bits per heavy atom. The summed E-state index contributed by atoms with van der Waals surface area (Å²) in [6.07, 6.45) is 4.26. The second-order valence-corrected chi connectivity index (χ2v) is 7.64. The molecule has 0 spiro atoms. The third-order valence-corrected chi connectivity index (χ3v) is 5.81. The molecule has 3 aliphatic rings. The van der Waals surface area contributed by atoms with Crippen molar-refractivity contribution in [3.8, 4) is 0 Å². The number of fused-ring (bicyclic) bond motifs is 1. The van der Waals surface area contributed by atoms with E-state index in [0.717, 1.165) is 25.7 Å². The van der Waals surface area contributed by atoms with Gasteiger partial charge in [-0.05, 0) is 43.9 Å². The monoisotopic (exact) mass is 364 g/mol. The maximum atomic E-state index is 12.9. The van der Waals surface area contributed by atoms with Crippen LogP contribution in [-0.4, -0.2) is 54.3 Å². The summed E-state index contributed by atoms with van der Waals surface area (Å²) in [5.74, 6) is -0.0847. The highest BCUT2D eigenvalue weighted by atomic mass is 16.2. The molecular formula is C18H28N4O4. The fourth-order valence-electron chi connectivity index (χ4n) is 4.38. The molecule has 4 atom stereocenters. The van der Waals surface area contributed by atoms with E-state index in [4.69, 9.17) is 0 Å². The lowest BCUT2D eigenvalue weighted by Crippen LogP contribution is -2.53. The summed E-state index contributed by atoms with van der Waals surface area (Å²) in [4.78, 5) is 49.6. The molecule has 144 valence electrons. The average molecular weight is 364 g/mol. The van der Waals surface area contributed by atoms with E-state index < -0.39 is 6.04 Å². The number of carbonyl (C=O) groups excluding carboxylic acids is 4. The maximum Gasteiger partial charge on any atom is 0.314 e. The second kappa shape index (κ2) is 8.05. The normalized spacial score (nSPS) is 31.4. The molecule has 0 aromatic rings. The van der Waals surface area contributed by atoms with E-state index in [1.165, 1.54) is 0 Å². The summed E-state index contributed by atoms with van der Waals surface area (Å²) in [5.41, 5.74) is 0. The van der Waals surface area contributed by atoms with Gasteiger partial charge in [-0.2, -0.15) is 0 Å². The molecule has 8 nitrogen and oxygen atoms in total. The third-order valence-electron chi connectivity index (χ3n) is 5.81. The summed E-state index contributed by atoms with van der Waals surface area (Å²) in [6.45, 7) is 3.83. The number of nitrogens with zero attached hydrogens (tertiary/aromatic N) is 1. The third kappa shape index (κ3) is 3.99. The first-order chi connectivity index (χ1) is 12.5. The number of carbonyl (C=O) groups is 4. The molecule has 3 fully saturated rings. The standard InChI is InChI=1S/C18H28N4O4/c1-2-7-19-18(26)20-9-11-3-4-12-10-22(17(25)13(12)8-11)14-5-6-15(23)21-16(14)24/h11-14H,2-10H2,1H3,(H2,19,20,26)(H,21,23,24). The molecular weight excluding hydrogens is 336 g/mol. The van der Waals surface area contributed by atoms with Crippen molar-refractivity contribution in [2.45, 2.75) is 51.5 Å². The Morgan fingerprint density at radius 3 is 2.73 bits per heavy atom. The molecule has 0 radical (unpaired) electrons. The van der Waals surface area contributed by atoms with E-state index in [-0.39, 0.29) is 47.9 Å². The number of amides is 5. The van der Waals surface area contributed by atoms with E-state index >= 15 is 0 Å². The van der Waals surface area contributed by atoms with Gasteiger partial charge >= 0.3 is 6.03 Å². The molecule has 4 unspecified atom stereocenters. The van der Waals surface area contributed by atoms with Crippen molar-refractivity contribution in [3.05, 3.63) is 0 Å². The van der Waals surface area contributed by atoms with Gasteiger partial charge in [0.25, 0.3) is 0 Å². The summed E-state index contributed by atoms with van der Waals surface area (Å²) < 4.78 is 0. The lowest BCUT2D eigenvalue weighted by molar-refractivity contribution is -0.144. The van der Waals surface area contributed by atoms with Crippen LogP contribution in [0.1, 0.15) is 45.4 Å². The Kier molecular flexibility index (Phi) is 5.78. The zero-order chi connectivity index (χ0) is 18.7. The molecule has 5 amide bonds. The molecule has 8 heteroatoms. The molecule has 3 rings (SSSR count). The fourth-order valence-corrected chi connectivity index (χ4v) is 4.38. The van der Waals surface area contributed by atoms with Crippen LogP contribution in [0.5, 0.6) is 0 Å². The number of rotatable bonds is 5. The van der Waals surface area contributed by atoms with Gasteiger partial charge in [-0.3, -0.25) is 19.7 Å². The molecule has 2 heterocycles. The first-order valence-corrected chi connectivity index (χ1v) is 9.65. The summed E-state index contributed by atoms with van der Waals surface area (Å²) in [7, 11) is 0. The van der Waals surface area contributed by atoms with Gasteiger partial charge in [-0.25, -0.2) is 4.79 Å². The molecule has 0 bridgehead atoms. The van der Waals surface area contributed by atoms with Crippen LogP contribution in [0.3, 0.4) is 0 Å². The summed E-state index contributed by atoms with van der Waals surface area (Å²) >= 11 is 0. The van der Waals surface area contributed by atoms with Gasteiger partial charge in [0.15, 0.2) is 0 Å². The minimum absolute atomic E-state index is 0.0321. The quantitative estimate of drug-likeness (QED) is 0.613. The van der Waals surface area contributed by atoms with E-state index in [0.29, 0.717) is 26.1 Å². The van der Waals surface area contributed by atoms with Gasteiger partial charge in [0.1, 0.15) is 6.04 Å². The number of imide groups is 1. The van der Waals surface area contributed by atoms with Gasteiger partial charge in [-0.1, -0.05) is 6.92 Å². The number of hydrogen-bond donors (Lipinski definition) is 3. The van der Waals surface area contributed by atoms with Gasteiger partial charge in [0.2, 0.25) is 17.7 Å². The molecule has 0 aromatic heterocycles. The molecule has 2 saturated heterocycles. The van der Waals surface area contributed by atoms with Crippen molar-refractivity contribution in [1.29, 1.82) is 0 Å². The highest BCUT2D eigenvalue weighted by Gasteiger charge is 2.48. The Labute approximate surface area is 153 Å². The molecule has 1 saturated carbocycles. The Hall–Kier alpha value is -2.12. The first kappa shape index (κ1) is 18.7. The lowest BCUT2D eigenvalue weighted by Gasteiger charge is -2.30. The van der Waals surface area contributed by atoms with Gasteiger partial charge in [0.05, 0.1) is 0 Å². The van der Waals surface area contributed by atoms with Crippen molar-refractivity contribution < 1.29 is 19.2 Å². The predicted octanol–water partition coefficient (Wildman–Crippen LogP) is 0.376. The number of piperidine rings is 1. The van der Waals surface area contributed by atoms with Crippen molar-refractivity contribution in [2.75, 3.05) is 19.6 Å². The van der Waals surface area contributed by atoms with E-state index in [1.54, 1.807) is 4.90 Å². The SMILES string of the molecule is CCCNC(=O)NCC1CCC2CN(C3CCC(=O)NC3=O)C(=O)C2C1. The molecule has 3 N–H and O–H groups in total. The topological polar surface area (TPSA) is 108 Å². The number of likely N-dealkylation sites (tertiary alicyclic amines) is 1. The number of urea groups is 1. The zero-order valence-electron chi connectivity index (χ0n) is 15.3. The van der Waals surface area contributed by atoms with Gasteiger partial charge in [-0.15, -0.1) is 0 Å². The molecule has 0 aromatic carbocycles. The van der Waals surface area contributed by atoms with Crippen LogP contribution < -0.4 is 16.0 Å². The van der Waals surface area contributed by atoms with E-state index in [2.05, 4.69) is 16.0 Å². The first-order valence-electron chi connectivity index (χ1n) is 9.65. The number of hydrogen-bond acceptors (Lipinski definition) is 4. The Bertz CT molecular complexity index is 594. The van der Waals surface area contributed by atoms with E-state index in [9.17, 15) is 19.2 Å². The Morgan fingerprint density at radius 2 is 2.00 bits per heavy atom. The second-order valence-electron chi connectivity index (χ2n) is 7.64. The molecule has 2 aliphatic heterocycles. The summed E-state index contributed by atoms with van der Waals surface area (Å²) in [5, 5.41) is 8.02. The average Bonchev–Trinajstić information content (AvgIpc) is 2.94. The van der Waals surface area contributed by atoms with Crippen molar-refractivity contribution in [3.63, 3.8) is 0 Å². The Balaban J connectivity index is 1.53. The predicted molar refractivity (Wildman–Crippen MR) is 93.9 cm³/mol. The van der Waals surface area contributed by atoms with E-state index in [1.807, 2.05) is 6.92 Å². The van der Waals surface area contributed by atoms with Crippen molar-refractivity contribution in [1.82, 2.24) is 20.9 Å².